The van der Waals surface area contributed by atoms with Crippen molar-refractivity contribution in [2.45, 2.75) is 25.7 Å². The number of rotatable bonds is 4. The van der Waals surface area contributed by atoms with Crippen molar-refractivity contribution in [1.82, 2.24) is 9.80 Å². The van der Waals surface area contributed by atoms with Gasteiger partial charge >= 0.3 is 6.03 Å². The summed E-state index contributed by atoms with van der Waals surface area (Å²) in [6.07, 6.45) is -0.134. The number of aliphatic hydroxyl groups excluding tert-OH is 1. The second kappa shape index (κ2) is 6.62. The van der Waals surface area contributed by atoms with Crippen molar-refractivity contribution in [3.8, 4) is 0 Å². The summed E-state index contributed by atoms with van der Waals surface area (Å²) in [5.41, 5.74) is 2.13. The lowest BCUT2D eigenvalue weighted by Gasteiger charge is -2.39. The van der Waals surface area contributed by atoms with E-state index in [0.29, 0.717) is 26.1 Å². The molecule has 1 N–H and O–H groups in total. The maximum absolute atomic E-state index is 12.6. The van der Waals surface area contributed by atoms with Crippen molar-refractivity contribution < 1.29 is 9.90 Å². The first-order chi connectivity index (χ1) is 10.7. The Hall–Kier alpha value is -2.33. The summed E-state index contributed by atoms with van der Waals surface area (Å²) >= 11 is 0. The molecule has 0 radical (unpaired) electrons. The van der Waals surface area contributed by atoms with Gasteiger partial charge in [-0.2, -0.15) is 0 Å². The van der Waals surface area contributed by atoms with E-state index in [1.165, 1.54) is 0 Å². The zero-order valence-electron chi connectivity index (χ0n) is 12.4. The van der Waals surface area contributed by atoms with Gasteiger partial charge in [0.05, 0.1) is 0 Å². The highest BCUT2D eigenvalue weighted by Gasteiger charge is 2.31. The smallest absolute Gasteiger partial charge is 0.322 e. The number of carbonyl (C=O) groups is 1. The van der Waals surface area contributed by atoms with Gasteiger partial charge in [0.15, 0.2) is 0 Å². The van der Waals surface area contributed by atoms with Crippen LogP contribution in [-0.2, 0) is 13.1 Å². The molecule has 1 aliphatic rings. The first-order valence-corrected chi connectivity index (χ1v) is 7.55. The predicted octanol–water partition coefficient (Wildman–Crippen LogP) is 2.83. The number of carbonyl (C=O) groups excluding carboxylic acids is 1. The molecule has 1 heterocycles. The van der Waals surface area contributed by atoms with E-state index in [9.17, 15) is 9.90 Å². The van der Waals surface area contributed by atoms with Crippen molar-refractivity contribution in [2.75, 3.05) is 6.54 Å². The van der Waals surface area contributed by atoms with Gasteiger partial charge in [-0.25, -0.2) is 4.79 Å². The van der Waals surface area contributed by atoms with Gasteiger partial charge in [0, 0.05) is 26.1 Å². The van der Waals surface area contributed by atoms with Crippen LogP contribution in [0.15, 0.2) is 60.7 Å². The molecule has 4 nitrogen and oxygen atoms in total. The number of amides is 2. The fraction of sp³-hybridized carbons (Fsp3) is 0.278. The molecule has 22 heavy (non-hydrogen) atoms. The molecule has 114 valence electrons. The zero-order valence-corrected chi connectivity index (χ0v) is 12.4. The van der Waals surface area contributed by atoms with Gasteiger partial charge in [-0.1, -0.05) is 60.7 Å². The molecule has 3 rings (SSSR count). The van der Waals surface area contributed by atoms with E-state index in [4.69, 9.17) is 0 Å². The molecule has 0 aromatic heterocycles. The second-order valence-corrected chi connectivity index (χ2v) is 5.57. The van der Waals surface area contributed by atoms with E-state index in [1.54, 1.807) is 9.80 Å². The first-order valence-electron chi connectivity index (χ1n) is 7.55. The third-order valence-corrected chi connectivity index (χ3v) is 3.95. The molecule has 4 heteroatoms. The Kier molecular flexibility index (Phi) is 4.39. The van der Waals surface area contributed by atoms with Crippen LogP contribution in [0.1, 0.15) is 17.5 Å². The summed E-state index contributed by atoms with van der Waals surface area (Å²) in [7, 11) is 0. The minimum absolute atomic E-state index is 0.105. The minimum atomic E-state index is -0.709. The Labute approximate surface area is 130 Å². The molecule has 0 aliphatic carbocycles. The molecule has 2 amide bonds. The third kappa shape index (κ3) is 3.28. The maximum Gasteiger partial charge on any atom is 0.322 e. The standard InChI is InChI=1S/C18H20N2O2/c21-17-11-12-19(13-15-7-3-1-4-8-15)18(22)20(17)14-16-9-5-2-6-10-16/h1-10,17,21H,11-14H2. The predicted molar refractivity (Wildman–Crippen MR) is 84.9 cm³/mol. The highest BCUT2D eigenvalue weighted by Crippen LogP contribution is 2.19. The van der Waals surface area contributed by atoms with Gasteiger partial charge in [-0.05, 0) is 11.1 Å². The average Bonchev–Trinajstić information content (AvgIpc) is 2.56. The van der Waals surface area contributed by atoms with Gasteiger partial charge < -0.3 is 10.0 Å². The average molecular weight is 296 g/mol. The van der Waals surface area contributed by atoms with Gasteiger partial charge in [-0.15, -0.1) is 0 Å². The van der Waals surface area contributed by atoms with Gasteiger partial charge in [0.2, 0.25) is 0 Å². The Morgan fingerprint density at radius 3 is 2.05 bits per heavy atom. The van der Waals surface area contributed by atoms with E-state index in [-0.39, 0.29) is 6.03 Å². The fourth-order valence-corrected chi connectivity index (χ4v) is 2.74. The Balaban J connectivity index is 1.71. The number of benzene rings is 2. The highest BCUT2D eigenvalue weighted by molar-refractivity contribution is 5.75. The van der Waals surface area contributed by atoms with Crippen LogP contribution in [0.3, 0.4) is 0 Å². The lowest BCUT2D eigenvalue weighted by Crippen LogP contribution is -2.53. The van der Waals surface area contributed by atoms with Crippen LogP contribution in [0.2, 0.25) is 0 Å². The number of nitrogens with zero attached hydrogens (tertiary/aromatic N) is 2. The van der Waals surface area contributed by atoms with Crippen LogP contribution >= 0.6 is 0 Å². The second-order valence-electron chi connectivity index (χ2n) is 5.57. The van der Waals surface area contributed by atoms with E-state index < -0.39 is 6.23 Å². The van der Waals surface area contributed by atoms with Crippen LogP contribution in [0.4, 0.5) is 4.79 Å². The van der Waals surface area contributed by atoms with Crippen LogP contribution in [-0.4, -0.2) is 33.7 Å². The monoisotopic (exact) mass is 296 g/mol. The molecule has 0 spiro atoms. The van der Waals surface area contributed by atoms with Crippen molar-refractivity contribution in [3.63, 3.8) is 0 Å². The number of aliphatic hydroxyl groups is 1. The van der Waals surface area contributed by atoms with E-state index in [1.807, 2.05) is 60.7 Å². The van der Waals surface area contributed by atoms with Crippen molar-refractivity contribution in [3.05, 3.63) is 71.8 Å². The summed E-state index contributed by atoms with van der Waals surface area (Å²) in [6.45, 7) is 1.60. The van der Waals surface area contributed by atoms with E-state index in [2.05, 4.69) is 0 Å². The Morgan fingerprint density at radius 1 is 0.909 bits per heavy atom. The molecule has 0 saturated carbocycles. The van der Waals surface area contributed by atoms with E-state index >= 15 is 0 Å². The fourth-order valence-electron chi connectivity index (χ4n) is 2.74. The normalized spacial score (nSPS) is 18.6. The molecule has 1 aliphatic heterocycles. The maximum atomic E-state index is 12.6. The molecular formula is C18H20N2O2. The quantitative estimate of drug-likeness (QED) is 0.943. The lowest BCUT2D eigenvalue weighted by molar-refractivity contribution is -0.0215. The molecule has 0 bridgehead atoms. The topological polar surface area (TPSA) is 43.8 Å². The minimum Gasteiger partial charge on any atom is -0.373 e. The molecule has 2 aromatic rings. The van der Waals surface area contributed by atoms with Crippen LogP contribution in [0.5, 0.6) is 0 Å². The zero-order chi connectivity index (χ0) is 15.4. The van der Waals surface area contributed by atoms with Crippen molar-refractivity contribution in [1.29, 1.82) is 0 Å². The first kappa shape index (κ1) is 14.6. The number of hydrogen-bond acceptors (Lipinski definition) is 2. The van der Waals surface area contributed by atoms with Gasteiger partial charge in [0.25, 0.3) is 0 Å². The lowest BCUT2D eigenvalue weighted by atomic mass is 10.1. The molecule has 1 saturated heterocycles. The summed E-state index contributed by atoms with van der Waals surface area (Å²) in [5.74, 6) is 0. The Morgan fingerprint density at radius 2 is 1.45 bits per heavy atom. The molecule has 1 fully saturated rings. The molecule has 2 aromatic carbocycles. The van der Waals surface area contributed by atoms with Crippen molar-refractivity contribution >= 4 is 6.03 Å². The molecule has 1 unspecified atom stereocenters. The van der Waals surface area contributed by atoms with Crippen LogP contribution in [0.25, 0.3) is 0 Å². The van der Waals surface area contributed by atoms with Crippen molar-refractivity contribution in [2.24, 2.45) is 0 Å². The Bertz CT molecular complexity index is 615. The summed E-state index contributed by atoms with van der Waals surface area (Å²) in [6, 6.07) is 19.6. The largest absolute Gasteiger partial charge is 0.373 e. The molecular weight excluding hydrogens is 276 g/mol. The molecule has 1 atom stereocenters. The van der Waals surface area contributed by atoms with Gasteiger partial charge in [-0.3, -0.25) is 4.90 Å². The van der Waals surface area contributed by atoms with Crippen LogP contribution < -0.4 is 0 Å². The summed E-state index contributed by atoms with van der Waals surface area (Å²) in [4.78, 5) is 16.0. The summed E-state index contributed by atoms with van der Waals surface area (Å²) in [5, 5.41) is 10.2. The third-order valence-electron chi connectivity index (χ3n) is 3.95. The number of urea groups is 1. The number of hydrogen-bond donors (Lipinski definition) is 1. The summed E-state index contributed by atoms with van der Waals surface area (Å²) < 4.78 is 0. The van der Waals surface area contributed by atoms with E-state index in [0.717, 1.165) is 11.1 Å². The SMILES string of the molecule is O=C1N(Cc2ccccc2)CCC(O)N1Cc1ccccc1. The van der Waals surface area contributed by atoms with Crippen LogP contribution in [0, 0.1) is 0 Å². The highest BCUT2D eigenvalue weighted by atomic mass is 16.3. The van der Waals surface area contributed by atoms with Gasteiger partial charge in [0.1, 0.15) is 6.23 Å².